The first-order chi connectivity index (χ1) is 11.0. The highest BCUT2D eigenvalue weighted by Crippen LogP contribution is 2.63. The number of carbonyl (C=O) groups is 1. The zero-order chi connectivity index (χ0) is 16.2. The number of allylic oxidation sites excluding steroid dienone is 2. The number of ether oxygens (including phenoxy) is 1. The van der Waals surface area contributed by atoms with E-state index < -0.39 is 5.41 Å². The molecule has 1 N–H and O–H groups in total. The molecule has 0 spiro atoms. The van der Waals surface area contributed by atoms with Gasteiger partial charge in [-0.3, -0.25) is 0 Å². The van der Waals surface area contributed by atoms with Crippen LogP contribution in [-0.2, 0) is 11.2 Å². The summed E-state index contributed by atoms with van der Waals surface area (Å²) in [4.78, 5) is 12.3. The third-order valence-electron chi connectivity index (χ3n) is 6.78. The Hall–Kier alpha value is -1.61. The number of hydrogen-bond acceptors (Lipinski definition) is 3. The van der Waals surface area contributed by atoms with E-state index in [9.17, 15) is 9.90 Å². The van der Waals surface area contributed by atoms with E-state index in [1.807, 2.05) is 6.07 Å². The smallest absolute Gasteiger partial charge is 0.130 e. The van der Waals surface area contributed by atoms with E-state index in [-0.39, 0.29) is 17.4 Å². The second-order valence-electron chi connectivity index (χ2n) is 7.65. The van der Waals surface area contributed by atoms with Crippen LogP contribution in [-0.4, -0.2) is 24.6 Å². The molecule has 1 aromatic carbocycles. The Morgan fingerprint density at radius 2 is 2.17 bits per heavy atom. The van der Waals surface area contributed by atoms with E-state index in [1.165, 1.54) is 23.0 Å². The first-order valence-corrected chi connectivity index (χ1v) is 8.57. The van der Waals surface area contributed by atoms with Crippen molar-refractivity contribution >= 4 is 11.9 Å². The van der Waals surface area contributed by atoms with Crippen LogP contribution in [0.5, 0.6) is 5.75 Å². The summed E-state index contributed by atoms with van der Waals surface area (Å²) < 4.78 is 5.35. The number of fused-ring (bicyclic) bond motifs is 5. The van der Waals surface area contributed by atoms with Gasteiger partial charge in [-0.2, -0.15) is 0 Å². The van der Waals surface area contributed by atoms with Crippen LogP contribution in [0.25, 0.3) is 5.57 Å². The standard InChI is InChI=1S/C20H24O3/c1-19-9-8-16-15-4-3-14(23-2)11-13(15)7-10-20(16,12-21)17(19)5-6-18(19)22/h3-4,8,11-12,17-18,22H,5-7,9-10H2,1-2H3/t17?,18-,19-,20?/m0/s1. The number of aldehydes is 1. The average molecular weight is 312 g/mol. The Morgan fingerprint density at radius 3 is 2.91 bits per heavy atom. The molecule has 23 heavy (non-hydrogen) atoms. The van der Waals surface area contributed by atoms with Gasteiger partial charge in [0.2, 0.25) is 0 Å². The van der Waals surface area contributed by atoms with Gasteiger partial charge < -0.3 is 14.6 Å². The lowest BCUT2D eigenvalue weighted by Gasteiger charge is -2.51. The predicted molar refractivity (Wildman–Crippen MR) is 89.2 cm³/mol. The summed E-state index contributed by atoms with van der Waals surface area (Å²) >= 11 is 0. The van der Waals surface area contributed by atoms with Gasteiger partial charge in [0.15, 0.2) is 0 Å². The molecule has 0 saturated heterocycles. The largest absolute Gasteiger partial charge is 0.497 e. The molecule has 0 aromatic heterocycles. The average Bonchev–Trinajstić information content (AvgIpc) is 2.89. The van der Waals surface area contributed by atoms with Crippen molar-refractivity contribution in [2.75, 3.05) is 7.11 Å². The van der Waals surface area contributed by atoms with Gasteiger partial charge in [0, 0.05) is 5.41 Å². The molecule has 0 bridgehead atoms. The van der Waals surface area contributed by atoms with Crippen molar-refractivity contribution in [1.82, 2.24) is 0 Å². The molecule has 1 aromatic rings. The Kier molecular flexibility index (Phi) is 3.21. The number of methoxy groups -OCH3 is 1. The Labute approximate surface area is 137 Å². The summed E-state index contributed by atoms with van der Waals surface area (Å²) in [7, 11) is 1.69. The van der Waals surface area contributed by atoms with E-state index in [2.05, 4.69) is 25.1 Å². The van der Waals surface area contributed by atoms with E-state index in [1.54, 1.807) is 7.11 Å². The Balaban J connectivity index is 1.87. The maximum absolute atomic E-state index is 12.3. The lowest BCUT2D eigenvalue weighted by atomic mass is 9.52. The van der Waals surface area contributed by atoms with Crippen LogP contribution in [0.1, 0.15) is 43.7 Å². The topological polar surface area (TPSA) is 46.5 Å². The van der Waals surface area contributed by atoms with Gasteiger partial charge in [-0.05, 0) is 66.9 Å². The quantitative estimate of drug-likeness (QED) is 0.852. The highest BCUT2D eigenvalue weighted by atomic mass is 16.5. The molecule has 122 valence electrons. The molecular formula is C20H24O3. The molecule has 4 rings (SSSR count). The van der Waals surface area contributed by atoms with Crippen LogP contribution in [0.2, 0.25) is 0 Å². The highest BCUT2D eigenvalue weighted by Gasteiger charge is 2.59. The zero-order valence-corrected chi connectivity index (χ0v) is 13.8. The molecular weight excluding hydrogens is 288 g/mol. The second-order valence-corrected chi connectivity index (χ2v) is 7.65. The first kappa shape index (κ1) is 14.9. The van der Waals surface area contributed by atoms with Crippen molar-refractivity contribution in [3.05, 3.63) is 35.4 Å². The van der Waals surface area contributed by atoms with Crippen LogP contribution in [0.3, 0.4) is 0 Å². The van der Waals surface area contributed by atoms with Gasteiger partial charge in [0.1, 0.15) is 12.0 Å². The number of aryl methyl sites for hydroxylation is 1. The van der Waals surface area contributed by atoms with E-state index in [4.69, 9.17) is 4.74 Å². The normalized spacial score (nSPS) is 38.1. The molecule has 2 unspecified atom stereocenters. The lowest BCUT2D eigenvalue weighted by molar-refractivity contribution is -0.120. The molecule has 0 radical (unpaired) electrons. The van der Waals surface area contributed by atoms with Crippen LogP contribution in [0, 0.1) is 16.7 Å². The van der Waals surface area contributed by atoms with E-state index in [0.29, 0.717) is 0 Å². The van der Waals surface area contributed by atoms with Crippen molar-refractivity contribution in [2.24, 2.45) is 16.7 Å². The number of hydrogen-bond donors (Lipinski definition) is 1. The van der Waals surface area contributed by atoms with Crippen molar-refractivity contribution in [3.63, 3.8) is 0 Å². The fourth-order valence-corrected chi connectivity index (χ4v) is 5.42. The molecule has 1 fully saturated rings. The number of benzene rings is 1. The van der Waals surface area contributed by atoms with Crippen molar-refractivity contribution in [2.45, 2.75) is 45.1 Å². The summed E-state index contributed by atoms with van der Waals surface area (Å²) in [6, 6.07) is 6.19. The maximum atomic E-state index is 12.3. The molecule has 3 aliphatic carbocycles. The molecule has 4 atom stereocenters. The highest BCUT2D eigenvalue weighted by molar-refractivity contribution is 5.89. The fourth-order valence-electron chi connectivity index (χ4n) is 5.42. The lowest BCUT2D eigenvalue weighted by Crippen LogP contribution is -2.48. The fraction of sp³-hybridized carbons (Fsp3) is 0.550. The monoisotopic (exact) mass is 312 g/mol. The minimum atomic E-state index is -0.425. The number of aliphatic hydroxyl groups is 1. The van der Waals surface area contributed by atoms with Crippen LogP contribution >= 0.6 is 0 Å². The number of aliphatic hydroxyl groups excluding tert-OH is 1. The van der Waals surface area contributed by atoms with Crippen molar-refractivity contribution in [1.29, 1.82) is 0 Å². The minimum absolute atomic E-state index is 0.158. The molecule has 3 nitrogen and oxygen atoms in total. The third-order valence-corrected chi connectivity index (χ3v) is 6.78. The van der Waals surface area contributed by atoms with Gasteiger partial charge in [-0.15, -0.1) is 0 Å². The molecule has 3 heteroatoms. The summed E-state index contributed by atoms with van der Waals surface area (Å²) in [6.45, 7) is 2.16. The maximum Gasteiger partial charge on any atom is 0.130 e. The SMILES string of the molecule is COc1ccc2c(c1)CCC1(C=O)C2=CC[C@@]2(C)C1CC[C@@H]2O. The summed E-state index contributed by atoms with van der Waals surface area (Å²) in [5.41, 5.74) is 3.08. The number of rotatable bonds is 2. The van der Waals surface area contributed by atoms with Crippen molar-refractivity contribution < 1.29 is 14.6 Å². The van der Waals surface area contributed by atoms with E-state index in [0.717, 1.165) is 37.9 Å². The summed E-state index contributed by atoms with van der Waals surface area (Å²) in [5, 5.41) is 10.5. The van der Waals surface area contributed by atoms with Gasteiger partial charge in [0.25, 0.3) is 0 Å². The Morgan fingerprint density at radius 1 is 1.35 bits per heavy atom. The first-order valence-electron chi connectivity index (χ1n) is 8.57. The summed E-state index contributed by atoms with van der Waals surface area (Å²) in [5.74, 6) is 1.12. The van der Waals surface area contributed by atoms with Gasteiger partial charge in [-0.25, -0.2) is 0 Å². The number of carbonyl (C=O) groups excluding carboxylic acids is 1. The third kappa shape index (κ3) is 1.83. The van der Waals surface area contributed by atoms with Crippen molar-refractivity contribution in [3.8, 4) is 5.75 Å². The van der Waals surface area contributed by atoms with Gasteiger partial charge in [0.05, 0.1) is 18.6 Å². The van der Waals surface area contributed by atoms with Crippen LogP contribution in [0.15, 0.2) is 24.3 Å². The van der Waals surface area contributed by atoms with Gasteiger partial charge in [-0.1, -0.05) is 19.1 Å². The minimum Gasteiger partial charge on any atom is -0.497 e. The van der Waals surface area contributed by atoms with Crippen LogP contribution in [0.4, 0.5) is 0 Å². The zero-order valence-electron chi connectivity index (χ0n) is 13.8. The van der Waals surface area contributed by atoms with Gasteiger partial charge >= 0.3 is 0 Å². The molecule has 0 amide bonds. The summed E-state index contributed by atoms with van der Waals surface area (Å²) in [6.07, 6.45) is 7.47. The molecule has 3 aliphatic rings. The second kappa shape index (κ2) is 4.94. The molecule has 0 heterocycles. The van der Waals surface area contributed by atoms with E-state index >= 15 is 0 Å². The molecule has 0 aliphatic heterocycles. The Bertz CT molecular complexity index is 692. The predicted octanol–water partition coefficient (Wildman–Crippen LogP) is 3.39. The molecule has 1 saturated carbocycles. The van der Waals surface area contributed by atoms with Crippen LogP contribution < -0.4 is 4.74 Å².